The molecule has 1 aliphatic rings. The number of nitrogens with zero attached hydrogens (tertiary/aromatic N) is 1. The van der Waals surface area contributed by atoms with E-state index in [4.69, 9.17) is 27.9 Å². The molecule has 0 saturated carbocycles. The number of halogens is 2. The Kier molecular flexibility index (Phi) is 7.16. The van der Waals surface area contributed by atoms with E-state index in [2.05, 4.69) is 34.5 Å². The number of hydrogen-bond donors (Lipinski definition) is 1. The van der Waals surface area contributed by atoms with Crippen LogP contribution >= 0.6 is 35.0 Å². The maximum Gasteiger partial charge on any atom is 0.261 e. The topological polar surface area (TPSA) is 41.6 Å². The third-order valence-corrected chi connectivity index (χ3v) is 5.82. The van der Waals surface area contributed by atoms with E-state index >= 15 is 0 Å². The van der Waals surface area contributed by atoms with Crippen LogP contribution in [0.25, 0.3) is 0 Å². The maximum absolute atomic E-state index is 12.3. The van der Waals surface area contributed by atoms with Gasteiger partial charge < -0.3 is 15.0 Å². The molecule has 1 fully saturated rings. The molecule has 1 unspecified atom stereocenters. The van der Waals surface area contributed by atoms with Gasteiger partial charge in [0, 0.05) is 41.8 Å². The molecule has 144 valence electrons. The molecule has 7 heteroatoms. The first-order valence-electron chi connectivity index (χ1n) is 8.84. The van der Waals surface area contributed by atoms with Gasteiger partial charge in [-0.2, -0.15) is 11.8 Å². The lowest BCUT2D eigenvalue weighted by Crippen LogP contribution is -2.36. The summed E-state index contributed by atoms with van der Waals surface area (Å²) in [5.74, 6) is 2.59. The van der Waals surface area contributed by atoms with Gasteiger partial charge in [0.15, 0.2) is 6.10 Å². The number of benzene rings is 2. The largest absolute Gasteiger partial charge is 0.479 e. The summed E-state index contributed by atoms with van der Waals surface area (Å²) >= 11 is 14.0. The van der Waals surface area contributed by atoms with E-state index in [1.807, 2.05) is 11.8 Å². The highest BCUT2D eigenvalue weighted by molar-refractivity contribution is 7.99. The van der Waals surface area contributed by atoms with Crippen LogP contribution in [-0.4, -0.2) is 36.6 Å². The molecule has 4 nitrogen and oxygen atoms in total. The van der Waals surface area contributed by atoms with Gasteiger partial charge in [0.25, 0.3) is 5.91 Å². The molecule has 0 bridgehead atoms. The molecule has 1 saturated heterocycles. The van der Waals surface area contributed by atoms with E-state index < -0.39 is 6.10 Å². The van der Waals surface area contributed by atoms with E-state index in [-0.39, 0.29) is 5.91 Å². The Morgan fingerprint density at radius 1 is 1.19 bits per heavy atom. The quantitative estimate of drug-likeness (QED) is 0.733. The lowest BCUT2D eigenvalue weighted by molar-refractivity contribution is -0.127. The summed E-state index contributed by atoms with van der Waals surface area (Å²) in [6.45, 7) is 4.32. The molecule has 0 radical (unpaired) electrons. The summed E-state index contributed by atoms with van der Waals surface area (Å²) in [6.07, 6.45) is -0.659. The predicted molar refractivity (Wildman–Crippen MR) is 114 cm³/mol. The van der Waals surface area contributed by atoms with Gasteiger partial charge in [0.1, 0.15) is 5.75 Å². The minimum absolute atomic E-state index is 0.196. The first-order valence-corrected chi connectivity index (χ1v) is 10.7. The minimum atomic E-state index is -0.659. The standard InChI is InChI=1S/C20H22Cl2N2O2S/c1-14(26-19-7-4-16(21)12-18(19)22)20(25)23-13-15-2-5-17(6-3-15)24-8-10-27-11-9-24/h2-7,12,14H,8-11,13H2,1H3,(H,23,25). The van der Waals surface area contributed by atoms with Crippen LogP contribution in [-0.2, 0) is 11.3 Å². The molecule has 2 aromatic carbocycles. The fraction of sp³-hybridized carbons (Fsp3) is 0.350. The molecule has 3 rings (SSSR count). The fourth-order valence-electron chi connectivity index (χ4n) is 2.79. The Hall–Kier alpha value is -1.56. The summed E-state index contributed by atoms with van der Waals surface area (Å²) in [5.41, 5.74) is 2.29. The highest BCUT2D eigenvalue weighted by atomic mass is 35.5. The average Bonchev–Trinajstić information content (AvgIpc) is 2.69. The van der Waals surface area contributed by atoms with Crippen molar-refractivity contribution in [1.82, 2.24) is 5.32 Å². The number of carbonyl (C=O) groups is 1. The molecule has 1 amide bonds. The Bertz CT molecular complexity index is 780. The van der Waals surface area contributed by atoms with Gasteiger partial charge in [-0.15, -0.1) is 0 Å². The normalized spacial score (nSPS) is 15.3. The third kappa shape index (κ3) is 5.71. The van der Waals surface area contributed by atoms with Gasteiger partial charge in [-0.3, -0.25) is 4.79 Å². The van der Waals surface area contributed by atoms with Crippen LogP contribution in [0.3, 0.4) is 0 Å². The van der Waals surface area contributed by atoms with Crippen molar-refractivity contribution in [3.05, 3.63) is 58.1 Å². The second kappa shape index (κ2) is 9.58. The summed E-state index contributed by atoms with van der Waals surface area (Å²) in [5, 5.41) is 3.81. The summed E-state index contributed by atoms with van der Waals surface area (Å²) in [7, 11) is 0. The molecule has 2 aromatic rings. The molecule has 1 aliphatic heterocycles. The van der Waals surface area contributed by atoms with Gasteiger partial charge in [0.05, 0.1) is 5.02 Å². The van der Waals surface area contributed by atoms with Gasteiger partial charge in [-0.25, -0.2) is 0 Å². The highest BCUT2D eigenvalue weighted by Gasteiger charge is 2.16. The summed E-state index contributed by atoms with van der Waals surface area (Å²) < 4.78 is 5.64. The number of carbonyl (C=O) groups excluding carboxylic acids is 1. The van der Waals surface area contributed by atoms with E-state index in [0.717, 1.165) is 18.7 Å². The van der Waals surface area contributed by atoms with E-state index in [1.54, 1.807) is 25.1 Å². The monoisotopic (exact) mass is 424 g/mol. The zero-order chi connectivity index (χ0) is 19.2. The first-order chi connectivity index (χ1) is 13.0. The Morgan fingerprint density at radius 3 is 2.56 bits per heavy atom. The second-order valence-corrected chi connectivity index (χ2v) is 8.39. The van der Waals surface area contributed by atoms with Crippen LogP contribution in [0, 0.1) is 0 Å². The van der Waals surface area contributed by atoms with Crippen molar-refractivity contribution in [1.29, 1.82) is 0 Å². The van der Waals surface area contributed by atoms with Crippen molar-refractivity contribution in [3.63, 3.8) is 0 Å². The van der Waals surface area contributed by atoms with Gasteiger partial charge in [-0.1, -0.05) is 35.3 Å². The smallest absolute Gasteiger partial charge is 0.261 e. The van der Waals surface area contributed by atoms with Crippen molar-refractivity contribution in [3.8, 4) is 5.75 Å². The minimum Gasteiger partial charge on any atom is -0.479 e. The van der Waals surface area contributed by atoms with E-state index in [9.17, 15) is 4.79 Å². The number of nitrogens with one attached hydrogen (secondary N) is 1. The number of rotatable bonds is 6. The summed E-state index contributed by atoms with van der Waals surface area (Å²) in [4.78, 5) is 14.7. The van der Waals surface area contributed by atoms with Crippen molar-refractivity contribution < 1.29 is 9.53 Å². The molecule has 1 N–H and O–H groups in total. The number of thioether (sulfide) groups is 1. The molecule has 27 heavy (non-hydrogen) atoms. The van der Waals surface area contributed by atoms with Gasteiger partial charge in [0.2, 0.25) is 0 Å². The Morgan fingerprint density at radius 2 is 1.89 bits per heavy atom. The molecule has 0 spiro atoms. The molecule has 1 heterocycles. The van der Waals surface area contributed by atoms with Crippen molar-refractivity contribution in [2.24, 2.45) is 0 Å². The van der Waals surface area contributed by atoms with Crippen molar-refractivity contribution in [2.45, 2.75) is 19.6 Å². The van der Waals surface area contributed by atoms with Crippen LogP contribution in [0.15, 0.2) is 42.5 Å². The molecular weight excluding hydrogens is 403 g/mol. The van der Waals surface area contributed by atoms with Crippen LogP contribution < -0.4 is 15.0 Å². The van der Waals surface area contributed by atoms with Gasteiger partial charge in [-0.05, 0) is 42.8 Å². The maximum atomic E-state index is 12.3. The molecule has 0 aromatic heterocycles. The zero-order valence-corrected chi connectivity index (χ0v) is 17.4. The number of ether oxygens (including phenoxy) is 1. The first kappa shape index (κ1) is 20.2. The van der Waals surface area contributed by atoms with Crippen LogP contribution in [0.5, 0.6) is 5.75 Å². The highest BCUT2D eigenvalue weighted by Crippen LogP contribution is 2.28. The lowest BCUT2D eigenvalue weighted by Gasteiger charge is -2.28. The van der Waals surface area contributed by atoms with E-state index in [1.165, 1.54) is 17.2 Å². The number of amides is 1. The van der Waals surface area contributed by atoms with Gasteiger partial charge >= 0.3 is 0 Å². The third-order valence-electron chi connectivity index (χ3n) is 4.35. The van der Waals surface area contributed by atoms with Crippen molar-refractivity contribution >= 4 is 46.6 Å². The van der Waals surface area contributed by atoms with Crippen molar-refractivity contribution in [2.75, 3.05) is 29.5 Å². The van der Waals surface area contributed by atoms with Crippen LogP contribution in [0.2, 0.25) is 10.0 Å². The second-order valence-electron chi connectivity index (χ2n) is 6.32. The SMILES string of the molecule is CC(Oc1ccc(Cl)cc1Cl)C(=O)NCc1ccc(N2CCSCC2)cc1. The number of hydrogen-bond acceptors (Lipinski definition) is 4. The Labute approximate surface area is 174 Å². The summed E-state index contributed by atoms with van der Waals surface area (Å²) in [6, 6.07) is 13.3. The molecular formula is C20H22Cl2N2O2S. The zero-order valence-electron chi connectivity index (χ0n) is 15.1. The lowest BCUT2D eigenvalue weighted by atomic mass is 10.2. The average molecular weight is 425 g/mol. The van der Waals surface area contributed by atoms with Crippen LogP contribution in [0.4, 0.5) is 5.69 Å². The number of anilines is 1. The Balaban J connectivity index is 1.50. The predicted octanol–water partition coefficient (Wildman–Crippen LogP) is 4.63. The molecule has 1 atom stereocenters. The van der Waals surface area contributed by atoms with Crippen LogP contribution in [0.1, 0.15) is 12.5 Å². The van der Waals surface area contributed by atoms with E-state index in [0.29, 0.717) is 22.3 Å². The molecule has 0 aliphatic carbocycles. The fourth-order valence-corrected chi connectivity index (χ4v) is 4.15.